The monoisotopic (exact) mass is 428 g/mol. The van der Waals surface area contributed by atoms with Gasteiger partial charge in [-0.2, -0.15) is 0 Å². The summed E-state index contributed by atoms with van der Waals surface area (Å²) in [6, 6.07) is 3.10. The molecule has 27 heavy (non-hydrogen) atoms. The Morgan fingerprint density at radius 3 is 2.56 bits per heavy atom. The van der Waals surface area contributed by atoms with Crippen molar-refractivity contribution < 1.29 is 24.4 Å². The Labute approximate surface area is 188 Å². The molecule has 11 heteroatoms. The van der Waals surface area contributed by atoms with E-state index in [1.807, 2.05) is 0 Å². The molecule has 0 bridgehead atoms. The zero-order valence-corrected chi connectivity index (χ0v) is 15.5. The number of allylic oxidation sites excluding steroid dienone is 1. The number of nitrogens with one attached hydrogen (secondary N) is 1. The molecule has 0 aliphatic carbocycles. The molecular formula is C16H19Cl2N2NaO6. The second-order valence-electron chi connectivity index (χ2n) is 5.15. The van der Waals surface area contributed by atoms with Crippen molar-refractivity contribution in [1.29, 1.82) is 0 Å². The molecule has 0 atom stereocenters. The van der Waals surface area contributed by atoms with Crippen LogP contribution in [-0.4, -0.2) is 64.6 Å². The molecule has 0 aliphatic rings. The van der Waals surface area contributed by atoms with Gasteiger partial charge in [0, 0.05) is 24.5 Å². The topological polar surface area (TPSA) is 119 Å². The van der Waals surface area contributed by atoms with Gasteiger partial charge in [0.1, 0.15) is 17.3 Å². The van der Waals surface area contributed by atoms with E-state index in [0.29, 0.717) is 17.7 Å². The van der Waals surface area contributed by atoms with Crippen LogP contribution in [0.25, 0.3) is 6.08 Å². The van der Waals surface area contributed by atoms with Crippen LogP contribution in [0.1, 0.15) is 31.7 Å². The summed E-state index contributed by atoms with van der Waals surface area (Å²) in [5.41, 5.74) is 0.412. The number of halogens is 2. The third-order valence-corrected chi connectivity index (χ3v) is 4.12. The number of carboxylic acids is 1. The van der Waals surface area contributed by atoms with Crippen LogP contribution in [0.3, 0.4) is 0 Å². The maximum absolute atomic E-state index is 11.4. The van der Waals surface area contributed by atoms with Crippen LogP contribution in [0, 0.1) is 10.1 Å². The van der Waals surface area contributed by atoms with Gasteiger partial charge in [0.2, 0.25) is 11.6 Å². The summed E-state index contributed by atoms with van der Waals surface area (Å²) < 4.78 is 5.46. The van der Waals surface area contributed by atoms with Gasteiger partial charge in [-0.05, 0) is 18.6 Å². The minimum absolute atomic E-state index is 0. The van der Waals surface area contributed by atoms with Crippen LogP contribution in [0.4, 0.5) is 0 Å². The normalized spacial score (nSPS) is 10.7. The fraction of sp³-hybridized carbons (Fsp3) is 0.375. The van der Waals surface area contributed by atoms with Gasteiger partial charge in [-0.15, -0.1) is 0 Å². The quantitative estimate of drug-likeness (QED) is 0.256. The summed E-state index contributed by atoms with van der Waals surface area (Å²) in [5.74, 6) is -1.22. The molecule has 0 saturated heterocycles. The summed E-state index contributed by atoms with van der Waals surface area (Å²) in [6.45, 7) is 1.40. The number of carbonyl (C=O) groups excluding carboxylic acids is 1. The number of aliphatic carboxylic acids is 1. The molecule has 144 valence electrons. The summed E-state index contributed by atoms with van der Waals surface area (Å²) in [5, 5.41) is 21.8. The van der Waals surface area contributed by atoms with Crippen molar-refractivity contribution in [2.75, 3.05) is 13.2 Å². The van der Waals surface area contributed by atoms with Gasteiger partial charge in [0.25, 0.3) is 0 Å². The first-order valence-electron chi connectivity index (χ1n) is 7.70. The van der Waals surface area contributed by atoms with Crippen LogP contribution in [0.2, 0.25) is 10.0 Å². The van der Waals surface area contributed by atoms with Crippen molar-refractivity contribution in [2.24, 2.45) is 0 Å². The Hall–Kier alpha value is -1.32. The third-order valence-electron chi connectivity index (χ3n) is 3.24. The van der Waals surface area contributed by atoms with E-state index in [1.165, 1.54) is 12.1 Å². The third kappa shape index (κ3) is 8.94. The fourth-order valence-electron chi connectivity index (χ4n) is 1.91. The van der Waals surface area contributed by atoms with Gasteiger partial charge in [-0.3, -0.25) is 19.7 Å². The van der Waals surface area contributed by atoms with Crippen molar-refractivity contribution in [2.45, 2.75) is 26.2 Å². The van der Waals surface area contributed by atoms with Crippen molar-refractivity contribution in [3.63, 3.8) is 0 Å². The second-order valence-corrected chi connectivity index (χ2v) is 5.91. The van der Waals surface area contributed by atoms with Crippen molar-refractivity contribution >= 4 is 70.7 Å². The van der Waals surface area contributed by atoms with Crippen LogP contribution >= 0.6 is 23.2 Å². The molecule has 0 aromatic heterocycles. The van der Waals surface area contributed by atoms with Gasteiger partial charge in [0.15, 0.2) is 0 Å². The molecule has 1 amide bonds. The van der Waals surface area contributed by atoms with Crippen molar-refractivity contribution in [3.05, 3.63) is 43.6 Å². The first kappa shape index (κ1) is 25.7. The Morgan fingerprint density at radius 1 is 1.33 bits per heavy atom. The zero-order chi connectivity index (χ0) is 19.7. The fourth-order valence-corrected chi connectivity index (χ4v) is 2.35. The summed E-state index contributed by atoms with van der Waals surface area (Å²) >= 11 is 12.3. The molecule has 0 aliphatic heterocycles. The molecule has 0 heterocycles. The van der Waals surface area contributed by atoms with E-state index >= 15 is 0 Å². The van der Waals surface area contributed by atoms with E-state index in [1.54, 1.807) is 13.0 Å². The van der Waals surface area contributed by atoms with Gasteiger partial charge < -0.3 is 15.2 Å². The predicted molar refractivity (Wildman–Crippen MR) is 104 cm³/mol. The number of hydrogen-bond donors (Lipinski definition) is 2. The van der Waals surface area contributed by atoms with Gasteiger partial charge >= 0.3 is 35.5 Å². The maximum atomic E-state index is 11.4. The van der Waals surface area contributed by atoms with Crippen LogP contribution in [-0.2, 0) is 9.59 Å². The average Bonchev–Trinajstić information content (AvgIpc) is 2.59. The van der Waals surface area contributed by atoms with E-state index < -0.39 is 23.3 Å². The summed E-state index contributed by atoms with van der Waals surface area (Å²) in [6.07, 6.45) is 2.04. The number of hydrogen-bond acceptors (Lipinski definition) is 5. The van der Waals surface area contributed by atoms with Crippen LogP contribution in [0.5, 0.6) is 5.75 Å². The number of nitrogens with zero attached hydrogens (tertiary/aromatic N) is 1. The number of carbonyl (C=O) groups is 2. The van der Waals surface area contributed by atoms with Crippen molar-refractivity contribution in [3.8, 4) is 5.75 Å². The molecule has 1 rings (SSSR count). The molecule has 2 N–H and O–H groups in total. The number of nitro groups is 1. The number of carboxylic acid groups (broad SMARTS) is 1. The SMILES string of the molecule is CC/C(=C/c1ccc(OCCCC(=O)NCC(=O)O)c(Cl)c1Cl)[N+](=O)[O-].[NaH]. The van der Waals surface area contributed by atoms with E-state index in [-0.39, 0.29) is 64.7 Å². The van der Waals surface area contributed by atoms with E-state index in [2.05, 4.69) is 5.32 Å². The number of benzene rings is 1. The Kier molecular flexibility index (Phi) is 12.3. The molecule has 0 unspecified atom stereocenters. The number of amides is 1. The van der Waals surface area contributed by atoms with E-state index in [9.17, 15) is 19.7 Å². The molecule has 0 fully saturated rings. The van der Waals surface area contributed by atoms with Crippen LogP contribution < -0.4 is 10.1 Å². The zero-order valence-electron chi connectivity index (χ0n) is 14.0. The summed E-state index contributed by atoms with van der Waals surface area (Å²) in [4.78, 5) is 32.1. The molecule has 0 spiro atoms. The molecule has 0 radical (unpaired) electrons. The molecular weight excluding hydrogens is 410 g/mol. The predicted octanol–water partition coefficient (Wildman–Crippen LogP) is 2.73. The Bertz CT molecular complexity index is 727. The molecule has 1 aromatic carbocycles. The number of rotatable bonds is 10. The van der Waals surface area contributed by atoms with Gasteiger partial charge in [0.05, 0.1) is 16.6 Å². The second kappa shape index (κ2) is 13.0. The first-order chi connectivity index (χ1) is 12.3. The molecule has 8 nitrogen and oxygen atoms in total. The van der Waals surface area contributed by atoms with Gasteiger partial charge in [-0.1, -0.05) is 30.1 Å². The first-order valence-corrected chi connectivity index (χ1v) is 8.46. The summed E-state index contributed by atoms with van der Waals surface area (Å²) in [7, 11) is 0. The molecule has 0 saturated carbocycles. The Morgan fingerprint density at radius 2 is 2.00 bits per heavy atom. The average molecular weight is 429 g/mol. The number of ether oxygens (including phenoxy) is 1. The minimum atomic E-state index is -1.12. The van der Waals surface area contributed by atoms with Crippen LogP contribution in [0.15, 0.2) is 17.8 Å². The molecule has 1 aromatic rings. The Balaban J connectivity index is 0.00000676. The van der Waals surface area contributed by atoms with Gasteiger partial charge in [-0.25, -0.2) is 0 Å². The standard InChI is InChI=1S/C16H18Cl2N2O6.Na.H/c1-2-11(20(24)25)8-10-5-6-12(16(18)15(10)17)26-7-3-4-13(21)19-9-14(22)23;;/h5-6,8H,2-4,7,9H2,1H3,(H,19,21)(H,22,23);;/b11-8-;;. The van der Waals surface area contributed by atoms with E-state index in [4.69, 9.17) is 33.0 Å². The van der Waals surface area contributed by atoms with Crippen molar-refractivity contribution in [1.82, 2.24) is 5.32 Å². The van der Waals surface area contributed by atoms with E-state index in [0.717, 1.165) is 0 Å².